The van der Waals surface area contributed by atoms with E-state index in [9.17, 15) is 8.42 Å². The Bertz CT molecular complexity index is 1060. The predicted molar refractivity (Wildman–Crippen MR) is 113 cm³/mol. The summed E-state index contributed by atoms with van der Waals surface area (Å²) in [6, 6.07) is 11.2. The zero-order valence-electron chi connectivity index (χ0n) is 16.1. The van der Waals surface area contributed by atoms with Crippen LogP contribution in [-0.2, 0) is 16.4 Å². The molecular weight excluding hydrogens is 408 g/mol. The first-order valence-electron chi connectivity index (χ1n) is 9.29. The molecule has 0 N–H and O–H groups in total. The summed E-state index contributed by atoms with van der Waals surface area (Å²) in [5, 5.41) is 2.99. The van der Waals surface area contributed by atoms with Gasteiger partial charge < -0.3 is 9.64 Å². The minimum Gasteiger partial charge on any atom is -0.497 e. The number of sulfonamides is 1. The molecule has 9 heteroatoms. The number of aromatic nitrogens is 2. The molecule has 0 aliphatic carbocycles. The maximum Gasteiger partial charge on any atom is 0.244 e. The van der Waals surface area contributed by atoms with E-state index < -0.39 is 10.0 Å². The van der Waals surface area contributed by atoms with Gasteiger partial charge in [0, 0.05) is 50.4 Å². The Morgan fingerprint density at radius 1 is 1.14 bits per heavy atom. The Balaban J connectivity index is 1.39. The zero-order chi connectivity index (χ0) is 20.3. The van der Waals surface area contributed by atoms with Crippen LogP contribution in [0, 0.1) is 0 Å². The van der Waals surface area contributed by atoms with Crippen LogP contribution in [0.1, 0.15) is 11.3 Å². The van der Waals surface area contributed by atoms with E-state index in [1.807, 2.05) is 18.2 Å². The van der Waals surface area contributed by atoms with Crippen molar-refractivity contribution in [2.24, 2.45) is 0 Å². The van der Waals surface area contributed by atoms with Crippen LogP contribution in [0.4, 0.5) is 5.13 Å². The van der Waals surface area contributed by atoms with Gasteiger partial charge in [-0.1, -0.05) is 12.1 Å². The average Bonchev–Trinajstić information content (AvgIpc) is 3.23. The lowest BCUT2D eigenvalue weighted by Crippen LogP contribution is -2.48. The number of pyridine rings is 1. The molecule has 1 aliphatic heterocycles. The quantitative estimate of drug-likeness (QED) is 0.599. The van der Waals surface area contributed by atoms with Crippen molar-refractivity contribution < 1.29 is 13.2 Å². The summed E-state index contributed by atoms with van der Waals surface area (Å²) >= 11 is 1.60. The van der Waals surface area contributed by atoms with E-state index in [-0.39, 0.29) is 4.90 Å². The highest BCUT2D eigenvalue weighted by molar-refractivity contribution is 7.89. The lowest BCUT2D eigenvalue weighted by Gasteiger charge is -2.33. The fraction of sp³-hybridized carbons (Fsp3) is 0.300. The van der Waals surface area contributed by atoms with Gasteiger partial charge in [-0.2, -0.15) is 4.31 Å². The van der Waals surface area contributed by atoms with Crippen molar-refractivity contribution in [3.8, 4) is 5.75 Å². The molecule has 1 aliphatic rings. The van der Waals surface area contributed by atoms with Gasteiger partial charge in [0.25, 0.3) is 0 Å². The second-order valence-electron chi connectivity index (χ2n) is 6.73. The van der Waals surface area contributed by atoms with Crippen LogP contribution < -0.4 is 9.64 Å². The third kappa shape index (κ3) is 4.42. The van der Waals surface area contributed by atoms with Crippen molar-refractivity contribution in [2.45, 2.75) is 11.3 Å². The van der Waals surface area contributed by atoms with Gasteiger partial charge in [-0.25, -0.2) is 13.4 Å². The number of benzene rings is 1. The number of methoxy groups -OCH3 is 1. The van der Waals surface area contributed by atoms with Gasteiger partial charge in [-0.3, -0.25) is 4.98 Å². The molecule has 0 unspecified atom stereocenters. The van der Waals surface area contributed by atoms with Crippen molar-refractivity contribution in [1.29, 1.82) is 0 Å². The predicted octanol–water partition coefficient (Wildman–Crippen LogP) is 2.65. The fourth-order valence-corrected chi connectivity index (χ4v) is 5.55. The summed E-state index contributed by atoms with van der Waals surface area (Å²) in [6.07, 6.45) is 3.71. The number of thiazole rings is 1. The van der Waals surface area contributed by atoms with Crippen molar-refractivity contribution in [2.75, 3.05) is 38.2 Å². The van der Waals surface area contributed by atoms with E-state index in [0.29, 0.717) is 26.2 Å². The molecule has 1 aromatic carbocycles. The number of hydrogen-bond acceptors (Lipinski definition) is 7. The highest BCUT2D eigenvalue weighted by Gasteiger charge is 2.29. The van der Waals surface area contributed by atoms with E-state index in [0.717, 1.165) is 28.6 Å². The van der Waals surface area contributed by atoms with Gasteiger partial charge in [0.15, 0.2) is 5.13 Å². The van der Waals surface area contributed by atoms with Gasteiger partial charge in [0.05, 0.1) is 12.8 Å². The van der Waals surface area contributed by atoms with Crippen molar-refractivity contribution in [1.82, 2.24) is 14.3 Å². The number of anilines is 1. The molecule has 0 bridgehead atoms. The Hall–Kier alpha value is -2.49. The van der Waals surface area contributed by atoms with E-state index in [1.165, 1.54) is 10.5 Å². The first-order chi connectivity index (χ1) is 14.1. The molecule has 29 heavy (non-hydrogen) atoms. The third-order valence-corrected chi connectivity index (χ3v) is 7.67. The second kappa shape index (κ2) is 8.48. The summed E-state index contributed by atoms with van der Waals surface area (Å²) in [4.78, 5) is 11.1. The molecule has 152 valence electrons. The van der Waals surface area contributed by atoms with Crippen LogP contribution in [0.2, 0.25) is 0 Å². The Morgan fingerprint density at radius 3 is 2.69 bits per heavy atom. The smallest absolute Gasteiger partial charge is 0.244 e. The molecule has 3 heterocycles. The summed E-state index contributed by atoms with van der Waals surface area (Å²) in [5.41, 5.74) is 2.15. The second-order valence-corrected chi connectivity index (χ2v) is 9.50. The van der Waals surface area contributed by atoms with E-state index in [2.05, 4.69) is 21.3 Å². The largest absolute Gasteiger partial charge is 0.497 e. The Labute approximate surface area is 174 Å². The van der Waals surface area contributed by atoms with Crippen LogP contribution in [0.25, 0.3) is 0 Å². The fourth-order valence-electron chi connectivity index (χ4n) is 3.28. The maximum atomic E-state index is 12.7. The van der Waals surface area contributed by atoms with Crippen LogP contribution >= 0.6 is 11.3 Å². The van der Waals surface area contributed by atoms with Gasteiger partial charge in [-0.15, -0.1) is 11.3 Å². The van der Waals surface area contributed by atoms with Crippen LogP contribution in [-0.4, -0.2) is 56.0 Å². The molecule has 0 saturated carbocycles. The lowest BCUT2D eigenvalue weighted by atomic mass is 10.1. The normalized spacial score (nSPS) is 15.4. The molecule has 4 rings (SSSR count). The van der Waals surface area contributed by atoms with E-state index in [4.69, 9.17) is 9.72 Å². The van der Waals surface area contributed by atoms with Crippen LogP contribution in [0.15, 0.2) is 59.1 Å². The minimum atomic E-state index is -3.49. The molecule has 1 saturated heterocycles. The van der Waals surface area contributed by atoms with E-state index in [1.54, 1.807) is 36.8 Å². The van der Waals surface area contributed by atoms with Crippen molar-refractivity contribution in [3.63, 3.8) is 0 Å². The number of nitrogens with zero attached hydrogens (tertiary/aromatic N) is 4. The Kier molecular flexibility index (Phi) is 5.79. The third-order valence-electron chi connectivity index (χ3n) is 4.84. The average molecular weight is 431 g/mol. The maximum absolute atomic E-state index is 12.7. The summed E-state index contributed by atoms with van der Waals surface area (Å²) < 4.78 is 32.3. The van der Waals surface area contributed by atoms with Gasteiger partial charge in [-0.05, 0) is 29.8 Å². The number of hydrogen-bond donors (Lipinski definition) is 0. The molecule has 3 aromatic rings. The zero-order valence-corrected chi connectivity index (χ0v) is 17.7. The van der Waals surface area contributed by atoms with E-state index >= 15 is 0 Å². The first-order valence-corrected chi connectivity index (χ1v) is 11.6. The Morgan fingerprint density at radius 2 is 1.97 bits per heavy atom. The first kappa shape index (κ1) is 19.8. The van der Waals surface area contributed by atoms with Crippen molar-refractivity contribution in [3.05, 3.63) is 65.4 Å². The molecule has 1 fully saturated rings. The summed E-state index contributed by atoms with van der Waals surface area (Å²) in [7, 11) is -1.83. The highest BCUT2D eigenvalue weighted by Crippen LogP contribution is 2.25. The number of ether oxygens (including phenoxy) is 1. The molecular formula is C20H22N4O3S2. The van der Waals surface area contributed by atoms with Gasteiger partial charge in [0.1, 0.15) is 10.6 Å². The molecule has 0 atom stereocenters. The number of piperazine rings is 1. The molecule has 7 nitrogen and oxygen atoms in total. The monoisotopic (exact) mass is 430 g/mol. The standard InChI is InChI=1S/C20H22N4O3S2/c1-27-18-5-2-4-16(13-18)12-17-15-28-20(22-17)23-8-10-24(11-9-23)29(25,26)19-6-3-7-21-14-19/h2-7,13-15H,8-12H2,1H3. The summed E-state index contributed by atoms with van der Waals surface area (Å²) in [6.45, 7) is 2.10. The lowest BCUT2D eigenvalue weighted by molar-refractivity contribution is 0.384. The minimum absolute atomic E-state index is 0.239. The molecule has 0 amide bonds. The van der Waals surface area contributed by atoms with Crippen LogP contribution in [0.5, 0.6) is 5.75 Å². The van der Waals surface area contributed by atoms with Crippen molar-refractivity contribution >= 4 is 26.5 Å². The topological polar surface area (TPSA) is 75.6 Å². The van der Waals surface area contributed by atoms with Crippen LogP contribution in [0.3, 0.4) is 0 Å². The molecule has 0 spiro atoms. The van der Waals surface area contributed by atoms with Gasteiger partial charge in [0.2, 0.25) is 10.0 Å². The SMILES string of the molecule is COc1cccc(Cc2csc(N3CCN(S(=O)(=O)c4cccnc4)CC3)n2)c1. The summed E-state index contributed by atoms with van der Waals surface area (Å²) in [5.74, 6) is 0.837. The highest BCUT2D eigenvalue weighted by atomic mass is 32.2. The molecule has 0 radical (unpaired) electrons. The number of rotatable bonds is 6. The van der Waals surface area contributed by atoms with Gasteiger partial charge >= 0.3 is 0 Å². The molecule has 2 aromatic heterocycles.